The van der Waals surface area contributed by atoms with Gasteiger partial charge >= 0.3 is 17.9 Å². The molecule has 0 aliphatic heterocycles. The van der Waals surface area contributed by atoms with E-state index in [-0.39, 0.29) is 115 Å². The number of carbonyl (C=O) groups excluding carboxylic acids is 6. The minimum atomic E-state index is -3.65. The first-order valence-corrected chi connectivity index (χ1v) is 20.9. The molecule has 0 bridgehead atoms. The minimum absolute atomic E-state index is 0.0191. The van der Waals surface area contributed by atoms with Crippen molar-refractivity contribution in [2.75, 3.05) is 84.8 Å². The first-order chi connectivity index (χ1) is 28.8. The highest BCUT2D eigenvalue weighted by Gasteiger charge is 2.25. The molecule has 0 aliphatic rings. The van der Waals surface area contributed by atoms with Gasteiger partial charge in [-0.05, 0) is 38.5 Å². The lowest BCUT2D eigenvalue weighted by molar-refractivity contribution is -0.144. The molecule has 26 nitrogen and oxygen atoms in total. The van der Waals surface area contributed by atoms with Gasteiger partial charge in [0.05, 0.1) is 51.9 Å². The van der Waals surface area contributed by atoms with Crippen molar-refractivity contribution in [1.29, 1.82) is 0 Å². The van der Waals surface area contributed by atoms with Crippen LogP contribution in [0, 0.1) is 0 Å². The standard InChI is InChI=1S/C34H60N8O18S/c35-20-29(46)37-10-2-1-4-23(32(49)50)41-30(47)21-59-17-16-58-14-12-39-27(44)8-6-24(33(51)52)40-28(45)9-7-25(34(53)54)42-31(48)22-60-18-15-57-13-11-38-26(43)5-3-19-61(36,55)56/h23-25H,1-22,35H2,(H,37,46)(H,38,43)(H,39,44)(H,40,45)(H,41,47)(H,42,48)(H,49,50)(H,51,52)(H,53,54)(H2,36,55,56). The molecule has 3 atom stereocenters. The van der Waals surface area contributed by atoms with E-state index in [9.17, 15) is 66.9 Å². The maximum absolute atomic E-state index is 12.4. The molecule has 6 amide bonds. The lowest BCUT2D eigenvalue weighted by Crippen LogP contribution is -2.45. The van der Waals surface area contributed by atoms with E-state index in [1.807, 2.05) is 0 Å². The number of carboxylic acids is 3. The van der Waals surface area contributed by atoms with Crippen LogP contribution in [0.3, 0.4) is 0 Å². The molecule has 0 saturated heterocycles. The number of sulfonamides is 1. The van der Waals surface area contributed by atoms with Gasteiger partial charge in [-0.15, -0.1) is 0 Å². The van der Waals surface area contributed by atoms with Crippen LogP contribution in [0.5, 0.6) is 0 Å². The Balaban J connectivity index is 4.22. The summed E-state index contributed by atoms with van der Waals surface area (Å²) in [5.41, 5.74) is 5.18. The van der Waals surface area contributed by atoms with Crippen LogP contribution in [0.1, 0.15) is 57.8 Å². The SMILES string of the molecule is NCC(=O)NCCCCC(NC(=O)COCCOCCNC(=O)CCC(NC(=O)CCC(NC(=O)COCCOCCNC(=O)CCCS(N)(=O)=O)C(=O)O)C(=O)O)C(=O)O. The summed E-state index contributed by atoms with van der Waals surface area (Å²) in [7, 11) is -3.65. The van der Waals surface area contributed by atoms with Crippen LogP contribution in [-0.4, -0.2) is 180 Å². The third kappa shape index (κ3) is 33.4. The number of primary sulfonamides is 1. The smallest absolute Gasteiger partial charge is 0.326 e. The molecule has 0 heterocycles. The summed E-state index contributed by atoms with van der Waals surface area (Å²) >= 11 is 0. The Bertz CT molecular complexity index is 1520. The molecule has 3 unspecified atom stereocenters. The quantitative estimate of drug-likeness (QED) is 0.0258. The number of unbranched alkanes of at least 4 members (excludes halogenated alkanes) is 1. The fourth-order valence-electron chi connectivity index (χ4n) is 4.74. The van der Waals surface area contributed by atoms with Gasteiger partial charge in [-0.2, -0.15) is 0 Å². The summed E-state index contributed by atoms with van der Waals surface area (Å²) in [5.74, 6) is -7.97. The molecule has 27 heteroatoms. The average Bonchev–Trinajstić information content (AvgIpc) is 3.18. The maximum Gasteiger partial charge on any atom is 0.326 e. The number of rotatable bonds is 38. The van der Waals surface area contributed by atoms with Crippen molar-refractivity contribution < 1.29 is 85.8 Å². The summed E-state index contributed by atoms with van der Waals surface area (Å²) in [4.78, 5) is 106. The normalized spacial score (nSPS) is 12.6. The predicted octanol–water partition coefficient (Wildman–Crippen LogP) is -5.13. The second kappa shape index (κ2) is 33.6. The van der Waals surface area contributed by atoms with Crippen LogP contribution >= 0.6 is 0 Å². The molecule has 0 aromatic rings. The van der Waals surface area contributed by atoms with Crippen LogP contribution < -0.4 is 42.8 Å². The Labute approximate surface area is 352 Å². The number of carbonyl (C=O) groups is 9. The van der Waals surface area contributed by atoms with E-state index in [4.69, 9.17) is 29.8 Å². The molecule has 0 aromatic heterocycles. The Morgan fingerprint density at radius 3 is 1.34 bits per heavy atom. The zero-order valence-electron chi connectivity index (χ0n) is 33.8. The molecule has 0 rings (SSSR count). The van der Waals surface area contributed by atoms with Crippen molar-refractivity contribution in [3.63, 3.8) is 0 Å². The lowest BCUT2D eigenvalue weighted by atomic mass is 10.1. The van der Waals surface area contributed by atoms with Crippen molar-refractivity contribution >= 4 is 63.4 Å². The van der Waals surface area contributed by atoms with E-state index in [0.717, 1.165) is 0 Å². The number of hydrogen-bond donors (Lipinski definition) is 11. The Kier molecular flexibility index (Phi) is 30.8. The zero-order valence-corrected chi connectivity index (χ0v) is 34.6. The molecular formula is C34H60N8O18S. The molecule has 0 fully saturated rings. The van der Waals surface area contributed by atoms with Crippen molar-refractivity contribution in [2.24, 2.45) is 10.9 Å². The van der Waals surface area contributed by atoms with Crippen LogP contribution in [0.25, 0.3) is 0 Å². The predicted molar refractivity (Wildman–Crippen MR) is 210 cm³/mol. The van der Waals surface area contributed by atoms with Gasteiger partial charge in [0.15, 0.2) is 0 Å². The topological polar surface area (TPSA) is 410 Å². The van der Waals surface area contributed by atoms with Crippen molar-refractivity contribution in [3.8, 4) is 0 Å². The van der Waals surface area contributed by atoms with E-state index >= 15 is 0 Å². The molecule has 61 heavy (non-hydrogen) atoms. The molecule has 0 spiro atoms. The average molecular weight is 901 g/mol. The second-order valence-electron chi connectivity index (χ2n) is 13.0. The van der Waals surface area contributed by atoms with E-state index in [0.29, 0.717) is 19.4 Å². The molecule has 350 valence electrons. The van der Waals surface area contributed by atoms with Crippen LogP contribution in [0.2, 0.25) is 0 Å². The fourth-order valence-corrected chi connectivity index (χ4v) is 5.29. The van der Waals surface area contributed by atoms with Gasteiger partial charge in [-0.25, -0.2) is 27.9 Å². The number of hydrogen-bond acceptors (Lipinski definition) is 16. The summed E-state index contributed by atoms with van der Waals surface area (Å²) in [6.07, 6.45) is -0.335. The second-order valence-corrected chi connectivity index (χ2v) is 14.7. The van der Waals surface area contributed by atoms with Gasteiger partial charge in [0, 0.05) is 38.9 Å². The highest BCUT2D eigenvalue weighted by Crippen LogP contribution is 2.04. The number of aliphatic carboxylic acids is 3. The van der Waals surface area contributed by atoms with Crippen LogP contribution in [0.4, 0.5) is 0 Å². The first-order valence-electron chi connectivity index (χ1n) is 19.2. The Morgan fingerprint density at radius 2 is 0.885 bits per heavy atom. The third-order valence-electron chi connectivity index (χ3n) is 7.83. The number of nitrogens with two attached hydrogens (primary N) is 2. The van der Waals surface area contributed by atoms with Gasteiger partial charge < -0.3 is 71.9 Å². The summed E-state index contributed by atoms with van der Waals surface area (Å²) in [5, 5.41) is 47.5. The van der Waals surface area contributed by atoms with Gasteiger partial charge in [0.25, 0.3) is 0 Å². The van der Waals surface area contributed by atoms with Gasteiger partial charge in [0.1, 0.15) is 31.3 Å². The monoisotopic (exact) mass is 900 g/mol. The highest BCUT2D eigenvalue weighted by atomic mass is 32.2. The largest absolute Gasteiger partial charge is 0.480 e. The fraction of sp³-hybridized carbons (Fsp3) is 0.735. The molecule has 0 saturated carbocycles. The first kappa shape index (κ1) is 55.9. The molecule has 0 aromatic carbocycles. The van der Waals surface area contributed by atoms with E-state index < -0.39 is 89.3 Å². The van der Waals surface area contributed by atoms with Crippen LogP contribution in [0.15, 0.2) is 0 Å². The Morgan fingerprint density at radius 1 is 0.475 bits per heavy atom. The van der Waals surface area contributed by atoms with Gasteiger partial charge in [-0.3, -0.25) is 28.8 Å². The third-order valence-corrected chi connectivity index (χ3v) is 8.69. The molecule has 13 N–H and O–H groups in total. The summed E-state index contributed by atoms with van der Waals surface area (Å²) < 4.78 is 42.5. The van der Waals surface area contributed by atoms with Gasteiger partial charge in [0.2, 0.25) is 45.5 Å². The molecule has 0 radical (unpaired) electrons. The van der Waals surface area contributed by atoms with Gasteiger partial charge in [-0.1, -0.05) is 0 Å². The number of ether oxygens (including phenoxy) is 4. The minimum Gasteiger partial charge on any atom is -0.480 e. The molecular weight excluding hydrogens is 840 g/mol. The Hall–Kier alpha value is -5.06. The van der Waals surface area contributed by atoms with E-state index in [1.165, 1.54) is 0 Å². The zero-order chi connectivity index (χ0) is 46.1. The van der Waals surface area contributed by atoms with Crippen molar-refractivity contribution in [1.82, 2.24) is 31.9 Å². The summed E-state index contributed by atoms with van der Waals surface area (Å²) in [6.45, 7) is -0.478. The summed E-state index contributed by atoms with van der Waals surface area (Å²) in [6, 6.07) is -4.11. The van der Waals surface area contributed by atoms with Crippen molar-refractivity contribution in [3.05, 3.63) is 0 Å². The number of nitrogens with one attached hydrogen (secondary N) is 6. The van der Waals surface area contributed by atoms with Crippen LogP contribution in [-0.2, 0) is 72.1 Å². The molecule has 0 aliphatic carbocycles. The maximum atomic E-state index is 12.4. The van der Waals surface area contributed by atoms with E-state index in [2.05, 4.69) is 31.9 Å². The number of carboxylic acid groups (broad SMARTS) is 3. The number of amides is 6. The highest BCUT2D eigenvalue weighted by molar-refractivity contribution is 7.89. The van der Waals surface area contributed by atoms with Crippen molar-refractivity contribution in [2.45, 2.75) is 75.9 Å². The lowest BCUT2D eigenvalue weighted by Gasteiger charge is -2.17. The van der Waals surface area contributed by atoms with E-state index in [1.54, 1.807) is 0 Å².